The first kappa shape index (κ1) is 17.2. The molecule has 1 atom stereocenters. The lowest BCUT2D eigenvalue weighted by molar-refractivity contribution is 0.0456. The molecule has 0 heterocycles. The fraction of sp³-hybridized carbons (Fsp3) is 0.455. The molecule has 0 spiro atoms. The molecule has 0 amide bonds. The summed E-state index contributed by atoms with van der Waals surface area (Å²) in [6.07, 6.45) is 8.27. The number of rotatable bonds is 8. The van der Waals surface area contributed by atoms with E-state index in [-0.39, 0.29) is 6.10 Å². The van der Waals surface area contributed by atoms with E-state index in [0.717, 1.165) is 11.5 Å². The molecule has 0 radical (unpaired) electrons. The third kappa shape index (κ3) is 4.93. The minimum atomic E-state index is -0.0340. The zero-order chi connectivity index (χ0) is 16.6. The van der Waals surface area contributed by atoms with Gasteiger partial charge in [-0.15, -0.1) is 0 Å². The van der Waals surface area contributed by atoms with Gasteiger partial charge in [0.2, 0.25) is 0 Å². The summed E-state index contributed by atoms with van der Waals surface area (Å²) >= 11 is 0. The third-order valence-electron chi connectivity index (χ3n) is 5.18. The van der Waals surface area contributed by atoms with Gasteiger partial charge in [-0.1, -0.05) is 80.3 Å². The van der Waals surface area contributed by atoms with Gasteiger partial charge >= 0.3 is 0 Å². The lowest BCUT2D eigenvalue weighted by Crippen LogP contribution is -2.15. The summed E-state index contributed by atoms with van der Waals surface area (Å²) in [5.41, 5.74) is 9.68. The summed E-state index contributed by atoms with van der Waals surface area (Å²) in [7, 11) is 0. The van der Waals surface area contributed by atoms with Gasteiger partial charge in [-0.05, 0) is 35.4 Å². The van der Waals surface area contributed by atoms with E-state index in [1.54, 1.807) is 0 Å². The minimum absolute atomic E-state index is 0.0340. The van der Waals surface area contributed by atoms with Crippen LogP contribution in [0.25, 0.3) is 0 Å². The minimum Gasteiger partial charge on any atom is -0.368 e. The number of nitrogens with two attached hydrogens (primary N) is 1. The van der Waals surface area contributed by atoms with Crippen LogP contribution < -0.4 is 5.73 Å². The lowest BCUT2D eigenvalue weighted by atomic mass is 9.98. The Morgan fingerprint density at radius 2 is 1.58 bits per heavy atom. The van der Waals surface area contributed by atoms with E-state index in [2.05, 4.69) is 36.4 Å². The molecule has 2 heteroatoms. The fourth-order valence-electron chi connectivity index (χ4n) is 3.64. The molecule has 1 fully saturated rings. The summed E-state index contributed by atoms with van der Waals surface area (Å²) < 4.78 is 6.02. The van der Waals surface area contributed by atoms with Crippen molar-refractivity contribution in [3.8, 4) is 0 Å². The van der Waals surface area contributed by atoms with E-state index in [4.69, 9.17) is 10.5 Å². The Morgan fingerprint density at radius 3 is 2.25 bits per heavy atom. The van der Waals surface area contributed by atoms with Crippen molar-refractivity contribution < 1.29 is 4.74 Å². The van der Waals surface area contributed by atoms with Crippen LogP contribution in [0.2, 0.25) is 0 Å². The van der Waals surface area contributed by atoms with Crippen LogP contribution in [0.3, 0.4) is 0 Å². The standard InChI is InChI=1S/C22H29NO/c23-16-22(21-8-2-1-3-9-21)24-17-20-14-12-19(13-15-20)11-10-18-6-4-5-7-18/h1-3,8-9,12-15,18,22H,4-7,10-11,16-17,23H2/t22-/m0/s1. The predicted octanol–water partition coefficient (Wildman–Crippen LogP) is 5.03. The molecule has 2 nitrogen and oxygen atoms in total. The lowest BCUT2D eigenvalue weighted by Gasteiger charge is -2.16. The van der Waals surface area contributed by atoms with Crippen molar-refractivity contribution in [3.63, 3.8) is 0 Å². The Kier molecular flexibility index (Phi) is 6.45. The monoisotopic (exact) mass is 323 g/mol. The van der Waals surface area contributed by atoms with Crippen LogP contribution in [0.5, 0.6) is 0 Å². The van der Waals surface area contributed by atoms with Crippen molar-refractivity contribution in [1.29, 1.82) is 0 Å². The number of aryl methyl sites for hydroxylation is 1. The molecule has 0 aromatic heterocycles. The van der Waals surface area contributed by atoms with E-state index in [1.165, 1.54) is 49.7 Å². The van der Waals surface area contributed by atoms with Gasteiger partial charge in [0.25, 0.3) is 0 Å². The molecular weight excluding hydrogens is 294 g/mol. The average Bonchev–Trinajstić information content (AvgIpc) is 3.16. The van der Waals surface area contributed by atoms with Gasteiger partial charge in [-0.25, -0.2) is 0 Å². The predicted molar refractivity (Wildman–Crippen MR) is 99.7 cm³/mol. The van der Waals surface area contributed by atoms with Gasteiger partial charge in [-0.3, -0.25) is 0 Å². The van der Waals surface area contributed by atoms with E-state index in [1.807, 2.05) is 18.2 Å². The number of hydrogen-bond acceptors (Lipinski definition) is 2. The maximum Gasteiger partial charge on any atom is 0.0951 e. The van der Waals surface area contributed by atoms with Crippen LogP contribution in [-0.4, -0.2) is 6.54 Å². The largest absolute Gasteiger partial charge is 0.368 e. The third-order valence-corrected chi connectivity index (χ3v) is 5.18. The van der Waals surface area contributed by atoms with Crippen LogP contribution in [0, 0.1) is 5.92 Å². The van der Waals surface area contributed by atoms with Crippen LogP contribution in [-0.2, 0) is 17.8 Å². The van der Waals surface area contributed by atoms with E-state index in [9.17, 15) is 0 Å². The molecule has 1 aliphatic rings. The number of benzene rings is 2. The second kappa shape index (κ2) is 9.00. The van der Waals surface area contributed by atoms with Crippen molar-refractivity contribution in [2.24, 2.45) is 11.7 Å². The van der Waals surface area contributed by atoms with Crippen molar-refractivity contribution in [2.75, 3.05) is 6.54 Å². The Morgan fingerprint density at radius 1 is 0.917 bits per heavy atom. The number of ether oxygens (including phenoxy) is 1. The average molecular weight is 323 g/mol. The van der Waals surface area contributed by atoms with E-state index >= 15 is 0 Å². The Hall–Kier alpha value is -1.64. The smallest absolute Gasteiger partial charge is 0.0951 e. The normalized spacial score (nSPS) is 16.4. The first-order valence-corrected chi connectivity index (χ1v) is 9.29. The van der Waals surface area contributed by atoms with Crippen LogP contribution in [0.15, 0.2) is 54.6 Å². The van der Waals surface area contributed by atoms with E-state index < -0.39 is 0 Å². The molecule has 2 aromatic carbocycles. The highest BCUT2D eigenvalue weighted by Gasteiger charge is 2.14. The molecule has 2 aromatic rings. The Balaban J connectivity index is 1.48. The molecule has 24 heavy (non-hydrogen) atoms. The second-order valence-electron chi connectivity index (χ2n) is 6.95. The van der Waals surface area contributed by atoms with Gasteiger partial charge in [0.1, 0.15) is 0 Å². The molecule has 128 valence electrons. The topological polar surface area (TPSA) is 35.2 Å². The Bertz CT molecular complexity index is 587. The highest BCUT2D eigenvalue weighted by molar-refractivity contribution is 5.23. The zero-order valence-electron chi connectivity index (χ0n) is 14.5. The van der Waals surface area contributed by atoms with Gasteiger partial charge in [-0.2, -0.15) is 0 Å². The van der Waals surface area contributed by atoms with Crippen molar-refractivity contribution in [1.82, 2.24) is 0 Å². The summed E-state index contributed by atoms with van der Waals surface area (Å²) in [4.78, 5) is 0. The fourth-order valence-corrected chi connectivity index (χ4v) is 3.64. The number of hydrogen-bond donors (Lipinski definition) is 1. The molecule has 0 saturated heterocycles. The Labute approximate surface area is 146 Å². The molecule has 1 aliphatic carbocycles. The van der Waals surface area contributed by atoms with Gasteiger partial charge in [0, 0.05) is 6.54 Å². The summed E-state index contributed by atoms with van der Waals surface area (Å²) in [6, 6.07) is 19.1. The first-order chi connectivity index (χ1) is 11.8. The molecule has 3 rings (SSSR count). The van der Waals surface area contributed by atoms with Crippen LogP contribution in [0.4, 0.5) is 0 Å². The van der Waals surface area contributed by atoms with Crippen LogP contribution >= 0.6 is 0 Å². The van der Waals surface area contributed by atoms with E-state index in [0.29, 0.717) is 13.2 Å². The van der Waals surface area contributed by atoms with Gasteiger partial charge in [0.15, 0.2) is 0 Å². The highest BCUT2D eigenvalue weighted by atomic mass is 16.5. The maximum atomic E-state index is 6.02. The van der Waals surface area contributed by atoms with Gasteiger partial charge in [0.05, 0.1) is 12.7 Å². The summed E-state index contributed by atoms with van der Waals surface area (Å²) in [5, 5.41) is 0. The molecule has 1 saturated carbocycles. The van der Waals surface area contributed by atoms with Crippen molar-refractivity contribution in [3.05, 3.63) is 71.3 Å². The maximum absolute atomic E-state index is 6.02. The summed E-state index contributed by atoms with van der Waals surface area (Å²) in [6.45, 7) is 1.11. The van der Waals surface area contributed by atoms with Crippen LogP contribution in [0.1, 0.15) is 54.9 Å². The quantitative estimate of drug-likeness (QED) is 0.740. The molecule has 2 N–H and O–H groups in total. The zero-order valence-corrected chi connectivity index (χ0v) is 14.5. The SMILES string of the molecule is NC[C@H](OCc1ccc(CCC2CCCC2)cc1)c1ccccc1. The second-order valence-corrected chi connectivity index (χ2v) is 6.95. The van der Waals surface area contributed by atoms with Crippen molar-refractivity contribution in [2.45, 2.75) is 51.2 Å². The van der Waals surface area contributed by atoms with Gasteiger partial charge < -0.3 is 10.5 Å². The van der Waals surface area contributed by atoms with Crippen molar-refractivity contribution >= 4 is 0 Å². The molecule has 0 unspecified atom stereocenters. The molecule has 0 bridgehead atoms. The summed E-state index contributed by atoms with van der Waals surface area (Å²) in [5.74, 6) is 0.962. The molecular formula is C22H29NO. The molecule has 0 aliphatic heterocycles. The highest BCUT2D eigenvalue weighted by Crippen LogP contribution is 2.28. The first-order valence-electron chi connectivity index (χ1n) is 9.29.